The van der Waals surface area contributed by atoms with Crippen LogP contribution in [0.25, 0.3) is 5.69 Å². The fourth-order valence-electron chi connectivity index (χ4n) is 2.54. The molecule has 0 unspecified atom stereocenters. The number of nitrogens with zero attached hydrogens (tertiary/aromatic N) is 4. The summed E-state index contributed by atoms with van der Waals surface area (Å²) < 4.78 is 1.29. The predicted molar refractivity (Wildman–Crippen MR) is 103 cm³/mol. The summed E-state index contributed by atoms with van der Waals surface area (Å²) in [6.45, 7) is 1.67. The predicted octanol–water partition coefficient (Wildman–Crippen LogP) is 3.69. The molecule has 0 aliphatic heterocycles. The molecule has 0 atom stereocenters. The number of halogens is 1. The molecule has 0 radical (unpaired) electrons. The van der Waals surface area contributed by atoms with Crippen molar-refractivity contribution in [1.29, 1.82) is 0 Å². The number of aryl methyl sites for hydroxylation is 1. The number of aromatic nitrogens is 2. The summed E-state index contributed by atoms with van der Waals surface area (Å²) in [5.74, 6) is 0. The van der Waals surface area contributed by atoms with Gasteiger partial charge in [0.1, 0.15) is 0 Å². The Hall–Kier alpha value is -3.79. The number of nitro benzene ring substituents is 2. The molecule has 0 amide bonds. The zero-order valence-electron chi connectivity index (χ0n) is 14.3. The van der Waals surface area contributed by atoms with Gasteiger partial charge in [0.15, 0.2) is 0 Å². The fourth-order valence-corrected chi connectivity index (χ4v) is 2.72. The molecule has 3 rings (SSSR count). The third-order valence-corrected chi connectivity index (χ3v) is 4.11. The second kappa shape index (κ2) is 7.45. The lowest BCUT2D eigenvalue weighted by molar-refractivity contribution is -0.422. The quantitative estimate of drug-likeness (QED) is 0.395. The molecule has 2 aromatic carbocycles. The minimum Gasteiger partial charge on any atom is -0.295 e. The molecule has 0 saturated carbocycles. The van der Waals surface area contributed by atoms with Crippen LogP contribution in [0.4, 0.5) is 17.1 Å². The van der Waals surface area contributed by atoms with E-state index >= 15 is 0 Å². The van der Waals surface area contributed by atoms with Crippen LogP contribution in [0.15, 0.2) is 52.3 Å². The van der Waals surface area contributed by atoms with E-state index in [1.54, 1.807) is 31.2 Å². The molecule has 0 aliphatic carbocycles. The highest BCUT2D eigenvalue weighted by molar-refractivity contribution is 6.30. The number of hydrogen-bond donors (Lipinski definition) is 1. The first-order valence-corrected chi connectivity index (χ1v) is 8.20. The molecule has 0 spiro atoms. The third-order valence-electron chi connectivity index (χ3n) is 3.88. The molecule has 0 fully saturated rings. The minimum atomic E-state index is -0.856. The van der Waals surface area contributed by atoms with Crippen molar-refractivity contribution in [2.24, 2.45) is 4.99 Å². The van der Waals surface area contributed by atoms with E-state index in [1.165, 1.54) is 17.0 Å². The maximum absolute atomic E-state index is 12.6. The smallest absolute Gasteiger partial charge is 0.295 e. The molecule has 1 N–H and O–H groups in total. The third kappa shape index (κ3) is 3.67. The lowest BCUT2D eigenvalue weighted by atomic mass is 10.2. The highest BCUT2D eigenvalue weighted by Crippen LogP contribution is 2.30. The number of benzene rings is 2. The van der Waals surface area contributed by atoms with Gasteiger partial charge in [0.25, 0.3) is 5.56 Å². The Bertz CT molecular complexity index is 1180. The molecular formula is C17H12ClN5O5. The monoisotopic (exact) mass is 401 g/mol. The molecule has 28 heavy (non-hydrogen) atoms. The number of aromatic amines is 1. The minimum absolute atomic E-state index is 0.103. The van der Waals surface area contributed by atoms with Crippen molar-refractivity contribution < 1.29 is 9.85 Å². The normalized spacial score (nSPS) is 11.1. The highest BCUT2D eigenvalue weighted by Gasteiger charge is 2.24. The van der Waals surface area contributed by atoms with Crippen LogP contribution in [0.5, 0.6) is 0 Å². The van der Waals surface area contributed by atoms with E-state index < -0.39 is 21.2 Å². The van der Waals surface area contributed by atoms with Crippen molar-refractivity contribution in [3.63, 3.8) is 0 Å². The molecule has 0 saturated heterocycles. The van der Waals surface area contributed by atoms with Crippen molar-refractivity contribution in [2.75, 3.05) is 0 Å². The van der Waals surface area contributed by atoms with E-state index in [9.17, 15) is 25.0 Å². The van der Waals surface area contributed by atoms with Gasteiger partial charge in [-0.2, -0.15) is 0 Å². The van der Waals surface area contributed by atoms with Gasteiger partial charge in [-0.05, 0) is 31.2 Å². The summed E-state index contributed by atoms with van der Waals surface area (Å²) in [7, 11) is 0. The zero-order valence-corrected chi connectivity index (χ0v) is 15.1. The maximum atomic E-state index is 12.6. The number of nitrogens with one attached hydrogen (secondary N) is 1. The van der Waals surface area contributed by atoms with E-state index in [-0.39, 0.29) is 16.8 Å². The number of H-pyrrole nitrogens is 1. The molecular weight excluding hydrogens is 390 g/mol. The Kier molecular flexibility index (Phi) is 5.05. The largest absolute Gasteiger partial charge is 0.348 e. The van der Waals surface area contributed by atoms with E-state index in [1.807, 2.05) is 0 Å². The molecule has 10 nitrogen and oxygen atoms in total. The van der Waals surface area contributed by atoms with Crippen LogP contribution < -0.4 is 5.56 Å². The van der Waals surface area contributed by atoms with Gasteiger partial charge in [-0.15, -0.1) is 0 Å². The molecule has 0 aliphatic rings. The van der Waals surface area contributed by atoms with Gasteiger partial charge in [-0.1, -0.05) is 17.7 Å². The standard InChI is InChI=1S/C17H12ClN5O5/c1-10-14(17(24)21(20-10)13-4-2-3-11(18)7-13)9-19-12-5-6-15(22(25)26)16(8-12)23(27)28/h2-9,20H,1H3. The first-order valence-electron chi connectivity index (χ1n) is 7.82. The van der Waals surface area contributed by atoms with E-state index in [2.05, 4.69) is 10.1 Å². The van der Waals surface area contributed by atoms with Crippen molar-refractivity contribution in [2.45, 2.75) is 6.92 Å². The summed E-state index contributed by atoms with van der Waals surface area (Å²) in [5.41, 5.74) is -0.309. The van der Waals surface area contributed by atoms with E-state index in [0.717, 1.165) is 12.1 Å². The highest BCUT2D eigenvalue weighted by atomic mass is 35.5. The number of hydrogen-bond acceptors (Lipinski definition) is 6. The van der Waals surface area contributed by atoms with E-state index in [0.29, 0.717) is 16.4 Å². The van der Waals surface area contributed by atoms with E-state index in [4.69, 9.17) is 11.6 Å². The molecule has 142 valence electrons. The number of aliphatic imine (C=N–C) groups is 1. The van der Waals surface area contributed by atoms with Crippen molar-refractivity contribution in [3.8, 4) is 5.69 Å². The van der Waals surface area contributed by atoms with Crippen LogP contribution in [0.3, 0.4) is 0 Å². The summed E-state index contributed by atoms with van der Waals surface area (Å²) in [4.78, 5) is 36.9. The molecule has 3 aromatic rings. The zero-order chi connectivity index (χ0) is 20.4. The van der Waals surface area contributed by atoms with Gasteiger partial charge in [-0.3, -0.25) is 35.1 Å². The maximum Gasteiger partial charge on any atom is 0.348 e. The Morgan fingerprint density at radius 2 is 1.82 bits per heavy atom. The Balaban J connectivity index is 2.00. The van der Waals surface area contributed by atoms with Gasteiger partial charge < -0.3 is 0 Å². The first kappa shape index (κ1) is 19.0. The Labute approximate surface area is 162 Å². The average molecular weight is 402 g/mol. The van der Waals surface area contributed by atoms with Gasteiger partial charge in [0, 0.05) is 29.1 Å². The van der Waals surface area contributed by atoms with Crippen LogP contribution in [0, 0.1) is 27.2 Å². The topological polar surface area (TPSA) is 136 Å². The van der Waals surface area contributed by atoms with Gasteiger partial charge in [-0.25, -0.2) is 4.68 Å². The average Bonchev–Trinajstić information content (AvgIpc) is 2.93. The molecule has 1 heterocycles. The van der Waals surface area contributed by atoms with Crippen LogP contribution in [-0.2, 0) is 0 Å². The first-order chi connectivity index (χ1) is 13.3. The van der Waals surface area contributed by atoms with Crippen LogP contribution in [0.2, 0.25) is 5.02 Å². The SMILES string of the molecule is Cc1[nH]n(-c2cccc(Cl)c2)c(=O)c1C=Nc1ccc([N+](=O)[O-])c([N+](=O)[O-])c1. The van der Waals surface area contributed by atoms with Gasteiger partial charge in [0.2, 0.25) is 0 Å². The van der Waals surface area contributed by atoms with Gasteiger partial charge >= 0.3 is 11.4 Å². The lowest BCUT2D eigenvalue weighted by Gasteiger charge is -2.01. The van der Waals surface area contributed by atoms with Crippen LogP contribution in [0.1, 0.15) is 11.3 Å². The lowest BCUT2D eigenvalue weighted by Crippen LogP contribution is -2.17. The summed E-state index contributed by atoms with van der Waals surface area (Å²) in [6.07, 6.45) is 1.25. The van der Waals surface area contributed by atoms with Crippen LogP contribution in [-0.4, -0.2) is 25.8 Å². The summed E-state index contributed by atoms with van der Waals surface area (Å²) in [5, 5.41) is 25.3. The fraction of sp³-hybridized carbons (Fsp3) is 0.0588. The van der Waals surface area contributed by atoms with Gasteiger partial charge in [0.05, 0.1) is 26.8 Å². The molecule has 0 bridgehead atoms. The summed E-state index contributed by atoms with van der Waals surface area (Å²) >= 11 is 5.95. The Morgan fingerprint density at radius 3 is 2.46 bits per heavy atom. The molecule has 11 heteroatoms. The van der Waals surface area contributed by atoms with Crippen molar-refractivity contribution in [1.82, 2.24) is 9.78 Å². The second-order valence-corrected chi connectivity index (χ2v) is 6.15. The van der Waals surface area contributed by atoms with Crippen molar-refractivity contribution >= 4 is 34.9 Å². The summed E-state index contributed by atoms with van der Waals surface area (Å²) in [6, 6.07) is 9.92. The van der Waals surface area contributed by atoms with Crippen molar-refractivity contribution in [3.05, 3.63) is 89.3 Å². The second-order valence-electron chi connectivity index (χ2n) is 5.72. The number of nitro groups is 2. The number of rotatable bonds is 5. The molecule has 1 aromatic heterocycles. The Morgan fingerprint density at radius 1 is 1.11 bits per heavy atom. The van der Waals surface area contributed by atoms with Crippen LogP contribution >= 0.6 is 11.6 Å².